The van der Waals surface area contributed by atoms with Crippen LogP contribution >= 0.6 is 0 Å². The highest BCUT2D eigenvalue weighted by Crippen LogP contribution is 2.38. The number of para-hydroxylation sites is 2. The van der Waals surface area contributed by atoms with Crippen LogP contribution in [-0.4, -0.2) is 4.98 Å². The lowest BCUT2D eigenvalue weighted by molar-refractivity contribution is 1.24. The van der Waals surface area contributed by atoms with E-state index in [0.29, 0.717) is 22.5 Å². The summed E-state index contributed by atoms with van der Waals surface area (Å²) < 4.78 is 0. The molecule has 4 aromatic rings. The summed E-state index contributed by atoms with van der Waals surface area (Å²) in [5, 5.41) is 9.29. The largest absolute Gasteiger partial charge is 0.310 e. The van der Waals surface area contributed by atoms with Crippen LogP contribution in [0.4, 0.5) is 22.7 Å². The van der Waals surface area contributed by atoms with Crippen molar-refractivity contribution in [3.8, 4) is 17.3 Å². The van der Waals surface area contributed by atoms with Crippen molar-refractivity contribution >= 4 is 22.7 Å². The molecule has 0 aliphatic heterocycles. The molecular formula is C26H18N4. The Labute approximate surface area is 176 Å². The first-order chi connectivity index (χ1) is 14.7. The van der Waals surface area contributed by atoms with Gasteiger partial charge in [0, 0.05) is 34.4 Å². The first-order valence-corrected chi connectivity index (χ1v) is 9.50. The Bertz CT molecular complexity index is 1230. The van der Waals surface area contributed by atoms with E-state index in [1.165, 1.54) is 0 Å². The summed E-state index contributed by atoms with van der Waals surface area (Å²) in [7, 11) is 0. The van der Waals surface area contributed by atoms with Crippen LogP contribution in [0.3, 0.4) is 0 Å². The van der Waals surface area contributed by atoms with Crippen LogP contribution in [0.5, 0.6) is 0 Å². The van der Waals surface area contributed by atoms with Crippen molar-refractivity contribution in [2.75, 3.05) is 4.90 Å². The van der Waals surface area contributed by atoms with Crippen molar-refractivity contribution in [2.45, 2.75) is 6.92 Å². The minimum atomic E-state index is 0.463. The van der Waals surface area contributed by atoms with E-state index in [9.17, 15) is 5.26 Å². The molecule has 1 aromatic heterocycles. The predicted molar refractivity (Wildman–Crippen MR) is 120 cm³/mol. The van der Waals surface area contributed by atoms with Gasteiger partial charge in [-0.05, 0) is 55.0 Å². The lowest BCUT2D eigenvalue weighted by Crippen LogP contribution is -2.10. The number of anilines is 3. The minimum absolute atomic E-state index is 0.463. The molecule has 30 heavy (non-hydrogen) atoms. The number of pyridine rings is 1. The van der Waals surface area contributed by atoms with Gasteiger partial charge >= 0.3 is 0 Å². The van der Waals surface area contributed by atoms with Gasteiger partial charge in [0.2, 0.25) is 5.69 Å². The van der Waals surface area contributed by atoms with Crippen LogP contribution in [0.2, 0.25) is 0 Å². The molecule has 0 spiro atoms. The molecule has 0 atom stereocenters. The van der Waals surface area contributed by atoms with E-state index in [1.54, 1.807) is 25.3 Å². The zero-order chi connectivity index (χ0) is 20.9. The van der Waals surface area contributed by atoms with Crippen molar-refractivity contribution in [1.29, 1.82) is 5.26 Å². The molecule has 4 rings (SSSR count). The smallest absolute Gasteiger partial charge is 0.200 e. The molecule has 4 nitrogen and oxygen atoms in total. The van der Waals surface area contributed by atoms with Gasteiger partial charge in [-0.25, -0.2) is 4.85 Å². The highest BCUT2D eigenvalue weighted by molar-refractivity contribution is 5.84. The quantitative estimate of drug-likeness (QED) is 0.356. The van der Waals surface area contributed by atoms with Crippen LogP contribution in [0.1, 0.15) is 11.1 Å². The predicted octanol–water partition coefficient (Wildman–Crippen LogP) is 6.95. The van der Waals surface area contributed by atoms with E-state index in [0.717, 1.165) is 22.6 Å². The van der Waals surface area contributed by atoms with E-state index >= 15 is 0 Å². The number of rotatable bonds is 4. The number of benzene rings is 3. The Kier molecular flexibility index (Phi) is 5.24. The third-order valence-corrected chi connectivity index (χ3v) is 4.97. The van der Waals surface area contributed by atoms with Gasteiger partial charge in [0.15, 0.2) is 0 Å². The average Bonchev–Trinajstić information content (AvgIpc) is 2.81. The number of aromatic nitrogens is 1. The van der Waals surface area contributed by atoms with Crippen molar-refractivity contribution in [3.63, 3.8) is 0 Å². The van der Waals surface area contributed by atoms with Gasteiger partial charge < -0.3 is 4.90 Å². The molecular weight excluding hydrogens is 368 g/mol. The minimum Gasteiger partial charge on any atom is -0.310 e. The summed E-state index contributed by atoms with van der Waals surface area (Å²) in [6.07, 6.45) is 1.75. The topological polar surface area (TPSA) is 44.3 Å². The van der Waals surface area contributed by atoms with Crippen molar-refractivity contribution in [3.05, 3.63) is 114 Å². The maximum Gasteiger partial charge on any atom is 0.200 e. The molecule has 0 fully saturated rings. The molecule has 0 aliphatic rings. The molecule has 0 unspecified atom stereocenters. The van der Waals surface area contributed by atoms with E-state index in [-0.39, 0.29) is 0 Å². The number of hydrogen-bond acceptors (Lipinski definition) is 3. The lowest BCUT2D eigenvalue weighted by atomic mass is 10.00. The van der Waals surface area contributed by atoms with Gasteiger partial charge in [0.05, 0.1) is 18.3 Å². The van der Waals surface area contributed by atoms with Crippen LogP contribution in [0.25, 0.3) is 16.1 Å². The standard InChI is InChI=1S/C26H18N4/c1-19-20(18-27)13-14-24(26(19)28-2)25-17-23(15-16-29-25)30(21-9-5-3-6-10-21)22-11-7-4-8-12-22/h3-17H,1H3. The Morgan fingerprint density at radius 2 is 1.50 bits per heavy atom. The zero-order valence-electron chi connectivity index (χ0n) is 16.4. The maximum absolute atomic E-state index is 9.29. The SMILES string of the molecule is [C-]#[N+]c1c(-c2cc(N(c3ccccc3)c3ccccc3)ccn2)ccc(C#N)c1C. The lowest BCUT2D eigenvalue weighted by Gasteiger charge is -2.25. The third-order valence-electron chi connectivity index (χ3n) is 4.97. The second-order valence-corrected chi connectivity index (χ2v) is 6.76. The van der Waals surface area contributed by atoms with Crippen LogP contribution < -0.4 is 4.90 Å². The summed E-state index contributed by atoms with van der Waals surface area (Å²) in [5.41, 5.74) is 6.08. The monoisotopic (exact) mass is 386 g/mol. The van der Waals surface area contributed by atoms with E-state index in [2.05, 4.69) is 45.1 Å². The maximum atomic E-state index is 9.29. The second-order valence-electron chi connectivity index (χ2n) is 6.76. The van der Waals surface area contributed by atoms with Gasteiger partial charge in [-0.1, -0.05) is 42.5 Å². The van der Waals surface area contributed by atoms with E-state index in [1.807, 2.05) is 48.5 Å². The van der Waals surface area contributed by atoms with E-state index in [4.69, 9.17) is 6.57 Å². The summed E-state index contributed by atoms with van der Waals surface area (Å²) >= 11 is 0. The van der Waals surface area contributed by atoms with Gasteiger partial charge in [0.1, 0.15) is 0 Å². The molecule has 0 aliphatic carbocycles. The summed E-state index contributed by atoms with van der Waals surface area (Å²) in [6.45, 7) is 9.44. The molecule has 0 saturated carbocycles. The van der Waals surface area contributed by atoms with E-state index < -0.39 is 0 Å². The summed E-state index contributed by atoms with van der Waals surface area (Å²) in [6, 6.07) is 29.9. The zero-order valence-corrected chi connectivity index (χ0v) is 16.4. The molecule has 4 heteroatoms. The Balaban J connectivity index is 1.88. The second kappa shape index (κ2) is 8.31. The normalized spacial score (nSPS) is 10.1. The van der Waals surface area contributed by atoms with Crippen LogP contribution in [-0.2, 0) is 0 Å². The fourth-order valence-corrected chi connectivity index (χ4v) is 3.48. The molecule has 0 N–H and O–H groups in total. The first kappa shape index (κ1) is 18.9. The molecule has 1 heterocycles. The Hall–Kier alpha value is -4.41. The molecule has 0 saturated heterocycles. The molecule has 142 valence electrons. The highest BCUT2D eigenvalue weighted by Gasteiger charge is 2.16. The van der Waals surface area contributed by atoms with Crippen molar-refractivity contribution in [1.82, 2.24) is 4.98 Å². The summed E-state index contributed by atoms with van der Waals surface area (Å²) in [5.74, 6) is 0. The van der Waals surface area contributed by atoms with Crippen molar-refractivity contribution < 1.29 is 0 Å². The van der Waals surface area contributed by atoms with Crippen LogP contribution in [0.15, 0.2) is 91.1 Å². The fourth-order valence-electron chi connectivity index (χ4n) is 3.48. The third kappa shape index (κ3) is 3.51. The number of hydrogen-bond donors (Lipinski definition) is 0. The first-order valence-electron chi connectivity index (χ1n) is 9.50. The summed E-state index contributed by atoms with van der Waals surface area (Å²) in [4.78, 5) is 10.4. The van der Waals surface area contributed by atoms with Gasteiger partial charge in [0.25, 0.3) is 0 Å². The van der Waals surface area contributed by atoms with Crippen molar-refractivity contribution in [2.24, 2.45) is 0 Å². The molecule has 0 bridgehead atoms. The molecule has 0 radical (unpaired) electrons. The van der Waals surface area contributed by atoms with Gasteiger partial charge in [-0.3, -0.25) is 4.98 Å². The fraction of sp³-hybridized carbons (Fsp3) is 0.0385. The van der Waals surface area contributed by atoms with Gasteiger partial charge in [-0.2, -0.15) is 5.26 Å². The number of nitrogens with zero attached hydrogens (tertiary/aromatic N) is 4. The molecule has 3 aromatic carbocycles. The molecule has 0 amide bonds. The Morgan fingerprint density at radius 3 is 2.07 bits per heavy atom. The Morgan fingerprint density at radius 1 is 0.867 bits per heavy atom. The average molecular weight is 386 g/mol. The van der Waals surface area contributed by atoms with Gasteiger partial charge in [-0.15, -0.1) is 0 Å². The number of nitriles is 1. The highest BCUT2D eigenvalue weighted by atomic mass is 15.1. The van der Waals surface area contributed by atoms with Crippen LogP contribution in [0, 0.1) is 24.8 Å².